The second-order valence-corrected chi connectivity index (χ2v) is 8.21. The minimum atomic E-state index is -0.890. The molecule has 1 saturated heterocycles. The van der Waals surface area contributed by atoms with Gasteiger partial charge in [-0.25, -0.2) is 4.79 Å². The molecular formula is C27H22ClNO5. The zero-order chi connectivity index (χ0) is 24.2. The summed E-state index contributed by atoms with van der Waals surface area (Å²) in [7, 11) is 0. The highest BCUT2D eigenvalue weighted by molar-refractivity contribution is 6.51. The van der Waals surface area contributed by atoms with E-state index in [4.69, 9.17) is 16.3 Å². The Kier molecular flexibility index (Phi) is 6.80. The monoisotopic (exact) mass is 475 g/mol. The number of ketones is 1. The van der Waals surface area contributed by atoms with Crippen LogP contribution >= 0.6 is 11.6 Å². The molecule has 0 saturated carbocycles. The molecule has 1 fully saturated rings. The number of Topliss-reactive ketones (excluding diaryl/α,β-unsaturated/α-hetero) is 1. The fraction of sp³-hybridized carbons (Fsp3) is 0.148. The van der Waals surface area contributed by atoms with E-state index in [2.05, 4.69) is 0 Å². The largest absolute Gasteiger partial charge is 0.507 e. The van der Waals surface area contributed by atoms with Gasteiger partial charge in [-0.05, 0) is 54.4 Å². The Hall–Kier alpha value is -3.90. The summed E-state index contributed by atoms with van der Waals surface area (Å²) in [6.45, 7) is 2.17. The van der Waals surface area contributed by atoms with Crippen LogP contribution in [-0.2, 0) is 14.3 Å². The molecule has 1 atom stereocenters. The van der Waals surface area contributed by atoms with Crippen molar-refractivity contribution in [3.63, 3.8) is 0 Å². The van der Waals surface area contributed by atoms with Gasteiger partial charge in [-0.15, -0.1) is 0 Å². The van der Waals surface area contributed by atoms with Crippen LogP contribution in [0.1, 0.15) is 40.9 Å². The van der Waals surface area contributed by atoms with Crippen molar-refractivity contribution < 1.29 is 24.2 Å². The molecule has 0 aliphatic carbocycles. The smallest absolute Gasteiger partial charge is 0.338 e. The number of ether oxygens (including phenoxy) is 1. The summed E-state index contributed by atoms with van der Waals surface area (Å²) >= 11 is 5.96. The van der Waals surface area contributed by atoms with Gasteiger partial charge in [0.05, 0.1) is 23.8 Å². The van der Waals surface area contributed by atoms with Gasteiger partial charge in [-0.1, -0.05) is 54.9 Å². The Morgan fingerprint density at radius 2 is 1.68 bits per heavy atom. The second-order valence-electron chi connectivity index (χ2n) is 7.77. The maximum Gasteiger partial charge on any atom is 0.338 e. The molecular weight excluding hydrogens is 454 g/mol. The number of aliphatic hydroxyl groups is 1. The van der Waals surface area contributed by atoms with Crippen LogP contribution < -0.4 is 4.90 Å². The number of anilines is 1. The van der Waals surface area contributed by atoms with Crippen LogP contribution in [0.25, 0.3) is 5.76 Å². The first-order valence-corrected chi connectivity index (χ1v) is 11.2. The number of esters is 1. The molecule has 34 heavy (non-hydrogen) atoms. The highest BCUT2D eigenvalue weighted by Gasteiger charge is 2.47. The van der Waals surface area contributed by atoms with E-state index in [1.807, 2.05) is 13.0 Å². The SMILES string of the molecule is CCCOC(=O)c1cccc(N2C(=O)C(=O)/C(=C(/O)c3ccc(Cl)cc3)C2c2ccccc2)c1. The van der Waals surface area contributed by atoms with Crippen LogP contribution in [0.5, 0.6) is 0 Å². The highest BCUT2D eigenvalue weighted by Crippen LogP contribution is 2.42. The predicted molar refractivity (Wildman–Crippen MR) is 130 cm³/mol. The number of benzene rings is 3. The van der Waals surface area contributed by atoms with Crippen molar-refractivity contribution in [2.75, 3.05) is 11.5 Å². The van der Waals surface area contributed by atoms with Gasteiger partial charge in [0.25, 0.3) is 11.7 Å². The summed E-state index contributed by atoms with van der Waals surface area (Å²) in [6.07, 6.45) is 0.679. The summed E-state index contributed by atoms with van der Waals surface area (Å²) in [5, 5.41) is 11.6. The zero-order valence-electron chi connectivity index (χ0n) is 18.4. The standard InChI is InChI=1S/C27H22ClNO5/c1-2-15-34-27(33)19-9-6-10-21(16-19)29-23(17-7-4-3-5-8-17)22(25(31)26(29)32)24(30)18-11-13-20(28)14-12-18/h3-14,16,23,30H,2,15H2,1H3/b24-22+. The van der Waals surface area contributed by atoms with Gasteiger partial charge < -0.3 is 9.84 Å². The van der Waals surface area contributed by atoms with Gasteiger partial charge in [-0.3, -0.25) is 14.5 Å². The quantitative estimate of drug-likeness (QED) is 0.219. The van der Waals surface area contributed by atoms with Crippen LogP contribution in [-0.4, -0.2) is 29.4 Å². The first kappa shape index (κ1) is 23.3. The number of nitrogens with zero attached hydrogens (tertiary/aromatic N) is 1. The first-order chi connectivity index (χ1) is 16.4. The van der Waals surface area contributed by atoms with E-state index >= 15 is 0 Å². The van der Waals surface area contributed by atoms with Crippen molar-refractivity contribution >= 4 is 40.7 Å². The van der Waals surface area contributed by atoms with Gasteiger partial charge in [-0.2, -0.15) is 0 Å². The Morgan fingerprint density at radius 3 is 2.35 bits per heavy atom. The van der Waals surface area contributed by atoms with Crippen LogP contribution in [0.15, 0.2) is 84.4 Å². The molecule has 0 bridgehead atoms. The minimum absolute atomic E-state index is 0.0440. The first-order valence-electron chi connectivity index (χ1n) is 10.8. The van der Waals surface area contributed by atoms with Gasteiger partial charge >= 0.3 is 5.97 Å². The topological polar surface area (TPSA) is 83.9 Å². The normalized spacial score (nSPS) is 17.1. The van der Waals surface area contributed by atoms with Crippen molar-refractivity contribution in [3.8, 4) is 0 Å². The molecule has 0 spiro atoms. The minimum Gasteiger partial charge on any atom is -0.507 e. The van der Waals surface area contributed by atoms with Crippen molar-refractivity contribution in [2.45, 2.75) is 19.4 Å². The molecule has 7 heteroatoms. The summed E-state index contributed by atoms with van der Waals surface area (Å²) in [5.74, 6) is -2.44. The van der Waals surface area contributed by atoms with E-state index in [-0.39, 0.29) is 23.5 Å². The lowest BCUT2D eigenvalue weighted by atomic mass is 9.95. The maximum absolute atomic E-state index is 13.2. The number of amides is 1. The fourth-order valence-corrected chi connectivity index (χ4v) is 4.00. The molecule has 1 aliphatic rings. The molecule has 0 aromatic heterocycles. The van der Waals surface area contributed by atoms with Crippen molar-refractivity contribution in [3.05, 3.63) is 106 Å². The second kappa shape index (κ2) is 9.93. The molecule has 0 radical (unpaired) electrons. The Balaban J connectivity index is 1.85. The molecule has 1 aliphatic heterocycles. The van der Waals surface area contributed by atoms with E-state index in [9.17, 15) is 19.5 Å². The number of hydrogen-bond acceptors (Lipinski definition) is 5. The number of hydrogen-bond donors (Lipinski definition) is 1. The molecule has 4 rings (SSSR count). The van der Waals surface area contributed by atoms with Crippen LogP contribution in [0.3, 0.4) is 0 Å². The molecule has 3 aromatic carbocycles. The lowest BCUT2D eigenvalue weighted by Gasteiger charge is -2.25. The Labute approximate surface area is 202 Å². The highest BCUT2D eigenvalue weighted by atomic mass is 35.5. The third kappa shape index (κ3) is 4.45. The number of carbonyl (C=O) groups excluding carboxylic acids is 3. The predicted octanol–water partition coefficient (Wildman–Crippen LogP) is 5.53. The molecule has 1 amide bonds. The van der Waals surface area contributed by atoms with Crippen molar-refractivity contribution in [1.82, 2.24) is 0 Å². The molecule has 3 aromatic rings. The van der Waals surface area contributed by atoms with Gasteiger partial charge in [0.15, 0.2) is 0 Å². The summed E-state index contributed by atoms with van der Waals surface area (Å²) in [5.41, 5.74) is 1.56. The van der Waals surface area contributed by atoms with E-state index in [0.29, 0.717) is 28.3 Å². The Bertz CT molecular complexity index is 1270. The van der Waals surface area contributed by atoms with E-state index in [1.165, 1.54) is 11.0 Å². The average Bonchev–Trinajstić information content (AvgIpc) is 3.13. The van der Waals surface area contributed by atoms with Gasteiger partial charge in [0.1, 0.15) is 5.76 Å². The molecule has 1 unspecified atom stereocenters. The average molecular weight is 476 g/mol. The fourth-order valence-electron chi connectivity index (χ4n) is 3.87. The number of halogens is 1. The zero-order valence-corrected chi connectivity index (χ0v) is 19.2. The van der Waals surface area contributed by atoms with Crippen molar-refractivity contribution in [1.29, 1.82) is 0 Å². The van der Waals surface area contributed by atoms with Crippen LogP contribution in [0.4, 0.5) is 5.69 Å². The molecule has 172 valence electrons. The maximum atomic E-state index is 13.2. The van der Waals surface area contributed by atoms with Gasteiger partial charge in [0.2, 0.25) is 0 Å². The van der Waals surface area contributed by atoms with Crippen molar-refractivity contribution in [2.24, 2.45) is 0 Å². The molecule has 6 nitrogen and oxygen atoms in total. The number of rotatable bonds is 6. The third-order valence-electron chi connectivity index (χ3n) is 5.47. The van der Waals surface area contributed by atoms with E-state index in [1.54, 1.807) is 66.7 Å². The third-order valence-corrected chi connectivity index (χ3v) is 5.73. The van der Waals surface area contributed by atoms with E-state index < -0.39 is 23.7 Å². The summed E-state index contributed by atoms with van der Waals surface area (Å²) < 4.78 is 5.21. The van der Waals surface area contributed by atoms with Gasteiger partial charge in [0, 0.05) is 16.3 Å². The van der Waals surface area contributed by atoms with E-state index in [0.717, 1.165) is 0 Å². The van der Waals surface area contributed by atoms with Crippen LogP contribution in [0, 0.1) is 0 Å². The van der Waals surface area contributed by atoms with Crippen LogP contribution in [0.2, 0.25) is 5.02 Å². The summed E-state index contributed by atoms with van der Waals surface area (Å²) in [4.78, 5) is 40.1. The number of aliphatic hydroxyl groups excluding tert-OH is 1. The number of carbonyl (C=O) groups is 3. The lowest BCUT2D eigenvalue weighted by molar-refractivity contribution is -0.132. The Morgan fingerprint density at radius 1 is 0.971 bits per heavy atom. The lowest BCUT2D eigenvalue weighted by Crippen LogP contribution is -2.29. The molecule has 1 heterocycles. The summed E-state index contributed by atoms with van der Waals surface area (Å²) in [6, 6.07) is 20.8. The molecule has 1 N–H and O–H groups in total.